The lowest BCUT2D eigenvalue weighted by Gasteiger charge is -2.34. The van der Waals surface area contributed by atoms with Crippen molar-refractivity contribution in [2.75, 3.05) is 54.6 Å². The molecule has 0 spiro atoms. The van der Waals surface area contributed by atoms with Crippen LogP contribution in [0.2, 0.25) is 5.02 Å². The van der Waals surface area contributed by atoms with Gasteiger partial charge in [-0.1, -0.05) is 35.9 Å². The minimum absolute atomic E-state index is 0.0527. The van der Waals surface area contributed by atoms with Gasteiger partial charge in [0.15, 0.2) is 0 Å². The number of esters is 1. The average molecular weight is 530 g/mol. The third kappa shape index (κ3) is 8.32. The molecule has 0 bridgehead atoms. The van der Waals surface area contributed by atoms with Gasteiger partial charge in [0.05, 0.1) is 46.5 Å². The number of rotatable bonds is 12. The first kappa shape index (κ1) is 28.7. The Hall–Kier alpha value is -2.87. The van der Waals surface area contributed by atoms with Crippen molar-refractivity contribution in [2.24, 2.45) is 0 Å². The van der Waals surface area contributed by atoms with Crippen molar-refractivity contribution < 1.29 is 28.3 Å². The van der Waals surface area contributed by atoms with Crippen LogP contribution in [0, 0.1) is 0 Å². The Balaban J connectivity index is 1.70. The van der Waals surface area contributed by atoms with Gasteiger partial charge in [-0.15, -0.1) is 0 Å². The van der Waals surface area contributed by atoms with Gasteiger partial charge in [-0.05, 0) is 42.3 Å². The molecule has 1 heterocycles. The summed E-state index contributed by atoms with van der Waals surface area (Å²) in [6.45, 7) is 4.35. The highest BCUT2D eigenvalue weighted by Gasteiger charge is 2.36. The maximum absolute atomic E-state index is 13.4. The largest absolute Gasteiger partial charge is 0.493 e. The van der Waals surface area contributed by atoms with Crippen molar-refractivity contribution in [3.63, 3.8) is 0 Å². The molecule has 1 unspecified atom stereocenters. The molecular weight excluding hydrogens is 492 g/mol. The number of nitrogens with zero attached hydrogens (tertiary/aromatic N) is 2. The summed E-state index contributed by atoms with van der Waals surface area (Å²) in [7, 11) is 8.07. The molecule has 200 valence electrons. The average Bonchev–Trinajstić information content (AvgIpc) is 2.85. The maximum Gasteiger partial charge on any atom is 0.336 e. The Morgan fingerprint density at radius 1 is 1.05 bits per heavy atom. The number of methoxy groups -OCH3 is 1. The third-order valence-electron chi connectivity index (χ3n) is 6.37. The summed E-state index contributed by atoms with van der Waals surface area (Å²) in [5, 5.41) is 0.596. The zero-order valence-corrected chi connectivity index (χ0v) is 23.2. The second-order valence-electron chi connectivity index (χ2n) is 10.3. The number of allylic oxidation sites excluding steroid dienone is 1. The maximum atomic E-state index is 13.4. The first-order valence-corrected chi connectivity index (χ1v) is 12.9. The molecule has 1 amide bonds. The normalized spacial score (nSPS) is 16.2. The van der Waals surface area contributed by atoms with E-state index in [2.05, 4.69) is 21.1 Å². The summed E-state index contributed by atoms with van der Waals surface area (Å²) in [5.41, 5.74) is 2.78. The molecule has 0 aromatic heterocycles. The molecule has 0 saturated heterocycles. The highest BCUT2D eigenvalue weighted by Crippen LogP contribution is 2.37. The topological polar surface area (TPSA) is 65.1 Å². The van der Waals surface area contributed by atoms with Crippen molar-refractivity contribution in [3.05, 3.63) is 76.0 Å². The van der Waals surface area contributed by atoms with E-state index in [0.29, 0.717) is 36.1 Å². The van der Waals surface area contributed by atoms with Crippen molar-refractivity contribution in [1.29, 1.82) is 0 Å². The SMILES string of the molecule is COCCN1C(=O)CC(c2ccc(Cl)cc2)C(C(=O)OCc2ccc(OCCC[N+](C)(C)C)cc2)=C1C. The van der Waals surface area contributed by atoms with Gasteiger partial charge in [0.25, 0.3) is 0 Å². The number of ether oxygens (including phenoxy) is 3. The summed E-state index contributed by atoms with van der Waals surface area (Å²) >= 11 is 6.07. The molecule has 37 heavy (non-hydrogen) atoms. The molecule has 1 aliphatic heterocycles. The molecule has 1 aliphatic rings. The van der Waals surface area contributed by atoms with E-state index in [1.807, 2.05) is 36.4 Å². The standard InChI is InChI=1S/C29H38ClN2O5/c1-21-28(26(23-9-11-24(30)12-10-23)19-27(33)31(21)15-18-35-5)29(34)37-20-22-7-13-25(14-8-22)36-17-6-16-32(2,3)4/h7-14,26H,6,15-20H2,1-5H3/q+1. The first-order valence-electron chi connectivity index (χ1n) is 12.5. The highest BCUT2D eigenvalue weighted by atomic mass is 35.5. The molecule has 0 radical (unpaired) electrons. The Morgan fingerprint density at radius 2 is 1.73 bits per heavy atom. The Morgan fingerprint density at radius 3 is 2.35 bits per heavy atom. The van der Waals surface area contributed by atoms with E-state index in [4.69, 9.17) is 25.8 Å². The van der Waals surface area contributed by atoms with Crippen LogP contribution in [0.15, 0.2) is 59.8 Å². The summed E-state index contributed by atoms with van der Waals surface area (Å²) in [4.78, 5) is 27.9. The molecule has 3 rings (SSSR count). The number of carbonyl (C=O) groups excluding carboxylic acids is 2. The van der Waals surface area contributed by atoms with E-state index in [9.17, 15) is 9.59 Å². The van der Waals surface area contributed by atoms with Crippen molar-refractivity contribution in [2.45, 2.75) is 32.3 Å². The Kier molecular flexibility index (Phi) is 10.1. The van der Waals surface area contributed by atoms with Gasteiger partial charge < -0.3 is 23.6 Å². The molecule has 2 aromatic rings. The number of halogens is 1. The molecule has 2 aromatic carbocycles. The number of carbonyl (C=O) groups is 2. The number of hydrogen-bond acceptors (Lipinski definition) is 5. The second kappa shape index (κ2) is 13.1. The summed E-state index contributed by atoms with van der Waals surface area (Å²) < 4.78 is 17.6. The van der Waals surface area contributed by atoms with Crippen LogP contribution in [0.3, 0.4) is 0 Å². The van der Waals surface area contributed by atoms with E-state index in [1.165, 1.54) is 0 Å². The number of amides is 1. The first-order chi connectivity index (χ1) is 17.6. The van der Waals surface area contributed by atoms with Gasteiger partial charge in [-0.3, -0.25) is 4.79 Å². The van der Waals surface area contributed by atoms with Crippen LogP contribution in [0.1, 0.15) is 36.8 Å². The summed E-state index contributed by atoms with van der Waals surface area (Å²) in [6, 6.07) is 14.8. The van der Waals surface area contributed by atoms with Crippen molar-refractivity contribution in [3.8, 4) is 5.75 Å². The number of quaternary nitrogens is 1. The van der Waals surface area contributed by atoms with Crippen LogP contribution in [-0.4, -0.2) is 75.8 Å². The van der Waals surface area contributed by atoms with Crippen molar-refractivity contribution in [1.82, 2.24) is 4.90 Å². The van der Waals surface area contributed by atoms with E-state index in [-0.39, 0.29) is 18.9 Å². The fourth-order valence-electron chi connectivity index (χ4n) is 4.35. The van der Waals surface area contributed by atoms with Gasteiger partial charge >= 0.3 is 5.97 Å². The monoisotopic (exact) mass is 529 g/mol. The molecule has 0 fully saturated rings. The fourth-order valence-corrected chi connectivity index (χ4v) is 4.48. The molecule has 0 N–H and O–H groups in total. The quantitative estimate of drug-likeness (QED) is 0.224. The smallest absolute Gasteiger partial charge is 0.336 e. The Labute approximate surface area is 225 Å². The van der Waals surface area contributed by atoms with Crippen LogP contribution in [-0.2, 0) is 25.7 Å². The summed E-state index contributed by atoms with van der Waals surface area (Å²) in [5.74, 6) is -0.105. The highest BCUT2D eigenvalue weighted by molar-refractivity contribution is 6.30. The number of benzene rings is 2. The van der Waals surface area contributed by atoms with Gasteiger partial charge in [0, 0.05) is 43.1 Å². The van der Waals surface area contributed by atoms with Crippen LogP contribution >= 0.6 is 11.6 Å². The second-order valence-corrected chi connectivity index (χ2v) is 10.7. The fraction of sp³-hybridized carbons (Fsp3) is 0.448. The lowest BCUT2D eigenvalue weighted by molar-refractivity contribution is -0.870. The Bertz CT molecular complexity index is 1090. The predicted octanol–water partition coefficient (Wildman–Crippen LogP) is 4.79. The van der Waals surface area contributed by atoms with Crippen LogP contribution in [0.4, 0.5) is 0 Å². The van der Waals surface area contributed by atoms with Crippen LogP contribution in [0.5, 0.6) is 5.75 Å². The summed E-state index contributed by atoms with van der Waals surface area (Å²) in [6.07, 6.45) is 1.14. The molecule has 1 atom stereocenters. The molecule has 7 nitrogen and oxygen atoms in total. The molecule has 0 aliphatic carbocycles. The van der Waals surface area contributed by atoms with Gasteiger partial charge in [-0.25, -0.2) is 4.79 Å². The van der Waals surface area contributed by atoms with Gasteiger partial charge in [-0.2, -0.15) is 0 Å². The van der Waals surface area contributed by atoms with Crippen molar-refractivity contribution >= 4 is 23.5 Å². The molecule has 8 heteroatoms. The minimum atomic E-state index is -0.437. The predicted molar refractivity (Wildman–Crippen MR) is 144 cm³/mol. The zero-order chi connectivity index (χ0) is 27.0. The van der Waals surface area contributed by atoms with E-state index >= 15 is 0 Å². The van der Waals surface area contributed by atoms with Gasteiger partial charge in [0.2, 0.25) is 5.91 Å². The third-order valence-corrected chi connectivity index (χ3v) is 6.62. The van der Waals surface area contributed by atoms with E-state index in [0.717, 1.165) is 34.3 Å². The molecule has 0 saturated carbocycles. The van der Waals surface area contributed by atoms with E-state index in [1.54, 1.807) is 31.1 Å². The van der Waals surface area contributed by atoms with E-state index < -0.39 is 11.9 Å². The zero-order valence-electron chi connectivity index (χ0n) is 22.5. The lowest BCUT2D eigenvalue weighted by atomic mass is 9.83. The molecular formula is C29H38ClN2O5+. The van der Waals surface area contributed by atoms with Crippen LogP contribution in [0.25, 0.3) is 0 Å². The number of hydrogen-bond donors (Lipinski definition) is 0. The van der Waals surface area contributed by atoms with Crippen LogP contribution < -0.4 is 4.74 Å². The minimum Gasteiger partial charge on any atom is -0.493 e. The lowest BCUT2D eigenvalue weighted by Crippen LogP contribution is -2.40. The van der Waals surface area contributed by atoms with Gasteiger partial charge in [0.1, 0.15) is 12.4 Å².